The lowest BCUT2D eigenvalue weighted by molar-refractivity contribution is 0.0943. The largest absolute Gasteiger partial charge is 0.352 e. The number of fused-ring (bicyclic) bond motifs is 3. The quantitative estimate of drug-likeness (QED) is 0.520. The minimum Gasteiger partial charge on any atom is -0.350 e. The molecule has 0 spiro atoms. The summed E-state index contributed by atoms with van der Waals surface area (Å²) in [5.74, 6) is -0.548. The number of nitrogens with one attached hydrogen (secondary N) is 1. The number of aromatic nitrogens is 4. The highest BCUT2D eigenvalue weighted by atomic mass is 19.1. The Morgan fingerprint density at radius 2 is 1.84 bits per heavy atom. The van der Waals surface area contributed by atoms with Crippen molar-refractivity contribution in [2.75, 3.05) is 0 Å². The van der Waals surface area contributed by atoms with E-state index >= 15 is 0 Å². The maximum absolute atomic E-state index is 13.6. The fourth-order valence-electron chi connectivity index (χ4n) is 3.74. The first-order valence-corrected chi connectivity index (χ1v) is 10.4. The van der Waals surface area contributed by atoms with E-state index in [1.807, 2.05) is 27.7 Å². The Kier molecular flexibility index (Phi) is 5.41. The lowest BCUT2D eigenvalue weighted by atomic mass is 10.1. The van der Waals surface area contributed by atoms with Gasteiger partial charge in [-0.3, -0.25) is 14.2 Å². The second-order valence-corrected chi connectivity index (χ2v) is 8.33. The van der Waals surface area contributed by atoms with Gasteiger partial charge in [0.2, 0.25) is 5.78 Å². The third kappa shape index (κ3) is 3.70. The van der Waals surface area contributed by atoms with Gasteiger partial charge in [0, 0.05) is 17.6 Å². The Bertz CT molecular complexity index is 1460. The van der Waals surface area contributed by atoms with Crippen molar-refractivity contribution in [2.45, 2.75) is 46.3 Å². The number of halogens is 1. The van der Waals surface area contributed by atoms with Gasteiger partial charge in [0.25, 0.3) is 11.5 Å². The number of amides is 1. The fourth-order valence-corrected chi connectivity index (χ4v) is 3.74. The molecule has 166 valence electrons. The molecule has 8 nitrogen and oxygen atoms in total. The van der Waals surface area contributed by atoms with Gasteiger partial charge in [-0.05, 0) is 63.6 Å². The molecular weight excluding hydrogens is 413 g/mol. The lowest BCUT2D eigenvalue weighted by Crippen LogP contribution is -2.31. The van der Waals surface area contributed by atoms with Gasteiger partial charge < -0.3 is 5.32 Å². The number of carbonyl (C=O) groups excluding carboxylic acids is 1. The third-order valence-corrected chi connectivity index (χ3v) is 5.15. The minimum atomic E-state index is -0.481. The normalized spacial score (nSPS) is 11.7. The van der Waals surface area contributed by atoms with Crippen LogP contribution in [0.15, 0.2) is 52.1 Å². The minimum absolute atomic E-state index is 0.0412. The molecule has 0 atom stereocenters. The molecule has 0 radical (unpaired) electrons. The predicted octanol–water partition coefficient (Wildman–Crippen LogP) is 2.72. The summed E-state index contributed by atoms with van der Waals surface area (Å²) in [6.45, 7) is 7.39. The van der Waals surface area contributed by atoms with E-state index in [0.29, 0.717) is 22.0 Å². The lowest BCUT2D eigenvalue weighted by Gasteiger charge is -2.13. The molecule has 4 aromatic rings. The fraction of sp³-hybridized carbons (Fsp3) is 0.304. The van der Waals surface area contributed by atoms with Crippen LogP contribution in [0.3, 0.4) is 0 Å². The second kappa shape index (κ2) is 8.07. The van der Waals surface area contributed by atoms with Gasteiger partial charge in [0.1, 0.15) is 5.82 Å². The van der Waals surface area contributed by atoms with Crippen LogP contribution in [0.5, 0.6) is 0 Å². The van der Waals surface area contributed by atoms with E-state index in [1.54, 1.807) is 24.3 Å². The van der Waals surface area contributed by atoms with Crippen LogP contribution in [0.4, 0.5) is 4.39 Å². The predicted molar refractivity (Wildman–Crippen MR) is 120 cm³/mol. The van der Waals surface area contributed by atoms with Crippen molar-refractivity contribution in [3.63, 3.8) is 0 Å². The number of hydrogen-bond donors (Lipinski definition) is 1. The molecule has 1 N–H and O–H groups in total. The van der Waals surface area contributed by atoms with Gasteiger partial charge >= 0.3 is 5.69 Å². The molecule has 0 bridgehead atoms. The molecule has 0 saturated heterocycles. The second-order valence-electron chi connectivity index (χ2n) is 8.33. The molecule has 9 heteroatoms. The molecule has 0 aliphatic carbocycles. The molecule has 0 unspecified atom stereocenters. The van der Waals surface area contributed by atoms with Crippen molar-refractivity contribution in [3.05, 3.63) is 80.2 Å². The van der Waals surface area contributed by atoms with Gasteiger partial charge in [-0.25, -0.2) is 18.3 Å². The van der Waals surface area contributed by atoms with E-state index in [1.165, 1.54) is 31.8 Å². The molecule has 2 aromatic heterocycles. The Morgan fingerprint density at radius 3 is 2.50 bits per heavy atom. The highest BCUT2D eigenvalue weighted by Gasteiger charge is 2.20. The molecule has 4 rings (SSSR count). The molecule has 0 aliphatic heterocycles. The van der Waals surface area contributed by atoms with Crippen LogP contribution in [0.25, 0.3) is 16.7 Å². The first kappa shape index (κ1) is 21.5. The monoisotopic (exact) mass is 437 g/mol. The van der Waals surface area contributed by atoms with Crippen LogP contribution in [0.1, 0.15) is 49.7 Å². The van der Waals surface area contributed by atoms with Crippen LogP contribution < -0.4 is 16.6 Å². The van der Waals surface area contributed by atoms with E-state index in [0.717, 1.165) is 0 Å². The van der Waals surface area contributed by atoms with Gasteiger partial charge in [0.15, 0.2) is 0 Å². The van der Waals surface area contributed by atoms with E-state index in [2.05, 4.69) is 10.4 Å². The Balaban J connectivity index is 2.00. The molecule has 2 aromatic carbocycles. The molecule has 0 aliphatic rings. The van der Waals surface area contributed by atoms with Gasteiger partial charge in [0.05, 0.1) is 17.4 Å². The van der Waals surface area contributed by atoms with Crippen molar-refractivity contribution >= 4 is 22.6 Å². The summed E-state index contributed by atoms with van der Waals surface area (Å²) in [4.78, 5) is 39.1. The van der Waals surface area contributed by atoms with Crippen molar-refractivity contribution in [2.24, 2.45) is 0 Å². The number of benzene rings is 2. The summed E-state index contributed by atoms with van der Waals surface area (Å²) >= 11 is 0. The summed E-state index contributed by atoms with van der Waals surface area (Å²) in [6.07, 6.45) is 0. The van der Waals surface area contributed by atoms with Crippen molar-refractivity contribution < 1.29 is 9.18 Å². The van der Waals surface area contributed by atoms with Crippen LogP contribution in [0.2, 0.25) is 0 Å². The van der Waals surface area contributed by atoms with E-state index in [-0.39, 0.29) is 35.9 Å². The first-order valence-electron chi connectivity index (χ1n) is 10.4. The zero-order chi connectivity index (χ0) is 23.2. The third-order valence-electron chi connectivity index (χ3n) is 5.15. The summed E-state index contributed by atoms with van der Waals surface area (Å²) in [6, 6.07) is 10.2. The smallest absolute Gasteiger partial charge is 0.350 e. The molecule has 0 saturated carbocycles. The number of hydrogen-bond acceptors (Lipinski definition) is 4. The summed E-state index contributed by atoms with van der Waals surface area (Å²) < 4.78 is 17.6. The van der Waals surface area contributed by atoms with E-state index in [9.17, 15) is 18.8 Å². The highest BCUT2D eigenvalue weighted by Crippen LogP contribution is 2.17. The number of carbonyl (C=O) groups is 1. The van der Waals surface area contributed by atoms with Crippen molar-refractivity contribution in [1.29, 1.82) is 0 Å². The maximum atomic E-state index is 13.6. The molecule has 0 fully saturated rings. The zero-order valence-corrected chi connectivity index (χ0v) is 18.3. The van der Waals surface area contributed by atoms with Gasteiger partial charge in [-0.1, -0.05) is 12.1 Å². The Labute approximate surface area is 182 Å². The number of rotatable bonds is 5. The summed E-state index contributed by atoms with van der Waals surface area (Å²) in [7, 11) is 0. The van der Waals surface area contributed by atoms with Gasteiger partial charge in [-0.15, -0.1) is 5.10 Å². The summed E-state index contributed by atoms with van der Waals surface area (Å²) in [5.41, 5.74) is 0.411. The first-order chi connectivity index (χ1) is 15.2. The molecule has 32 heavy (non-hydrogen) atoms. The molecular formula is C23H24FN5O3. The zero-order valence-electron chi connectivity index (χ0n) is 18.3. The molecule has 1 amide bonds. The van der Waals surface area contributed by atoms with Crippen molar-refractivity contribution in [1.82, 2.24) is 24.1 Å². The van der Waals surface area contributed by atoms with E-state index in [4.69, 9.17) is 0 Å². The topological polar surface area (TPSA) is 90.4 Å². The average molecular weight is 437 g/mol. The number of nitrogens with zero attached hydrogens (tertiary/aromatic N) is 4. The Hall–Kier alpha value is -3.75. The molecule has 2 heterocycles. The average Bonchev–Trinajstić information content (AvgIpc) is 3.02. The van der Waals surface area contributed by atoms with Gasteiger partial charge in [-0.2, -0.15) is 0 Å². The highest BCUT2D eigenvalue weighted by molar-refractivity contribution is 5.98. The van der Waals surface area contributed by atoms with Crippen LogP contribution >= 0.6 is 0 Å². The van der Waals surface area contributed by atoms with Crippen LogP contribution in [0, 0.1) is 5.82 Å². The van der Waals surface area contributed by atoms with E-state index < -0.39 is 11.5 Å². The Morgan fingerprint density at radius 1 is 1.09 bits per heavy atom. The standard InChI is InChI=1S/C23H24FN5O3/c1-13(2)25-20(30)16-8-9-18-19(11-16)29-22(28(14(3)4)21(18)31)26-27(23(29)32)12-15-6-5-7-17(24)10-15/h5-11,13-14H,12H2,1-4H3,(H,25,30). The van der Waals surface area contributed by atoms with Crippen molar-refractivity contribution in [3.8, 4) is 0 Å². The van der Waals surface area contributed by atoms with Crippen LogP contribution in [-0.4, -0.2) is 30.7 Å². The summed E-state index contributed by atoms with van der Waals surface area (Å²) in [5, 5.41) is 7.51. The SMILES string of the molecule is CC(C)NC(=O)c1ccc2c(=O)n(C(C)C)c3nn(Cc4cccc(F)c4)c(=O)n3c2c1. The van der Waals surface area contributed by atoms with Crippen LogP contribution in [-0.2, 0) is 6.54 Å². The maximum Gasteiger partial charge on any atom is 0.352 e.